The molecule has 5 nitrogen and oxygen atoms in total. The minimum Gasteiger partial charge on any atom is -0.311 e. The molecule has 0 radical (unpaired) electrons. The first-order valence-corrected chi connectivity index (χ1v) is 5.43. The van der Waals surface area contributed by atoms with Gasteiger partial charge in [-0.2, -0.15) is 4.68 Å². The van der Waals surface area contributed by atoms with E-state index in [-0.39, 0.29) is 16.8 Å². The highest BCUT2D eigenvalue weighted by molar-refractivity contribution is 6.32. The molecular formula is C10H11ClFN5. The molecule has 0 aliphatic carbocycles. The van der Waals surface area contributed by atoms with Gasteiger partial charge in [0.05, 0.1) is 11.1 Å². The minimum absolute atomic E-state index is 0.110. The Kier molecular flexibility index (Phi) is 3.35. The van der Waals surface area contributed by atoms with Crippen LogP contribution in [0.1, 0.15) is 18.8 Å². The zero-order chi connectivity index (χ0) is 12.4. The molecule has 1 unspecified atom stereocenters. The van der Waals surface area contributed by atoms with Crippen LogP contribution in [0.15, 0.2) is 18.2 Å². The van der Waals surface area contributed by atoms with Crippen molar-refractivity contribution >= 4 is 11.6 Å². The van der Waals surface area contributed by atoms with Gasteiger partial charge < -0.3 is 5.32 Å². The first-order chi connectivity index (χ1) is 8.15. The van der Waals surface area contributed by atoms with E-state index in [9.17, 15) is 4.39 Å². The van der Waals surface area contributed by atoms with Gasteiger partial charge in [-0.05, 0) is 36.5 Å². The van der Waals surface area contributed by atoms with Crippen molar-refractivity contribution in [3.8, 4) is 5.69 Å². The number of halogens is 2. The summed E-state index contributed by atoms with van der Waals surface area (Å²) in [7, 11) is 1.77. The number of nitrogens with one attached hydrogen (secondary N) is 1. The van der Waals surface area contributed by atoms with Crippen LogP contribution in [0.5, 0.6) is 0 Å². The van der Waals surface area contributed by atoms with Crippen LogP contribution < -0.4 is 5.32 Å². The quantitative estimate of drug-likeness (QED) is 0.908. The van der Waals surface area contributed by atoms with E-state index in [1.54, 1.807) is 13.1 Å². The number of benzene rings is 1. The number of hydrogen-bond donors (Lipinski definition) is 1. The summed E-state index contributed by atoms with van der Waals surface area (Å²) < 4.78 is 15.0. The fraction of sp³-hybridized carbons (Fsp3) is 0.300. The van der Waals surface area contributed by atoms with Gasteiger partial charge in [-0.3, -0.25) is 0 Å². The number of nitrogens with zero attached hydrogens (tertiary/aromatic N) is 4. The van der Waals surface area contributed by atoms with Crippen molar-refractivity contribution in [1.29, 1.82) is 0 Å². The molecule has 0 bridgehead atoms. The Hall–Kier alpha value is -1.53. The Morgan fingerprint density at radius 1 is 1.47 bits per heavy atom. The molecule has 1 N–H and O–H groups in total. The van der Waals surface area contributed by atoms with Crippen LogP contribution in [-0.2, 0) is 0 Å². The third kappa shape index (κ3) is 2.13. The van der Waals surface area contributed by atoms with E-state index >= 15 is 0 Å². The zero-order valence-corrected chi connectivity index (χ0v) is 10.1. The lowest BCUT2D eigenvalue weighted by Gasteiger charge is -2.11. The number of rotatable bonds is 3. The van der Waals surface area contributed by atoms with Gasteiger partial charge in [0.25, 0.3) is 0 Å². The van der Waals surface area contributed by atoms with Crippen LogP contribution in [-0.4, -0.2) is 27.3 Å². The molecule has 1 heterocycles. The monoisotopic (exact) mass is 255 g/mol. The highest BCUT2D eigenvalue weighted by atomic mass is 35.5. The van der Waals surface area contributed by atoms with Crippen LogP contribution in [0.2, 0.25) is 5.02 Å². The molecule has 0 amide bonds. The Morgan fingerprint density at radius 2 is 2.24 bits per heavy atom. The highest BCUT2D eigenvalue weighted by Crippen LogP contribution is 2.24. The summed E-state index contributed by atoms with van der Waals surface area (Å²) in [6, 6.07) is 4.33. The van der Waals surface area contributed by atoms with Crippen molar-refractivity contribution < 1.29 is 4.39 Å². The van der Waals surface area contributed by atoms with Crippen molar-refractivity contribution in [2.75, 3.05) is 7.05 Å². The molecule has 7 heteroatoms. The molecule has 90 valence electrons. The Morgan fingerprint density at radius 3 is 2.88 bits per heavy atom. The second-order valence-electron chi connectivity index (χ2n) is 3.53. The summed E-state index contributed by atoms with van der Waals surface area (Å²) in [5, 5.41) is 14.4. The van der Waals surface area contributed by atoms with Crippen LogP contribution in [0.25, 0.3) is 5.69 Å². The van der Waals surface area contributed by atoms with E-state index in [4.69, 9.17) is 11.6 Å². The lowest BCUT2D eigenvalue weighted by Crippen LogP contribution is -2.18. The van der Waals surface area contributed by atoms with Gasteiger partial charge in [0.1, 0.15) is 5.69 Å². The molecule has 0 saturated heterocycles. The number of hydrogen-bond acceptors (Lipinski definition) is 4. The van der Waals surface area contributed by atoms with E-state index in [1.807, 2.05) is 6.92 Å². The van der Waals surface area contributed by atoms with Crippen molar-refractivity contribution in [3.05, 3.63) is 34.9 Å². The molecule has 0 aliphatic rings. The molecule has 2 aromatic rings. The van der Waals surface area contributed by atoms with Crippen LogP contribution >= 0.6 is 11.6 Å². The second kappa shape index (κ2) is 4.77. The summed E-state index contributed by atoms with van der Waals surface area (Å²) in [4.78, 5) is 0. The van der Waals surface area contributed by atoms with Gasteiger partial charge in [0.2, 0.25) is 0 Å². The maximum Gasteiger partial charge on any atom is 0.173 e. The topological polar surface area (TPSA) is 55.6 Å². The average Bonchev–Trinajstić information content (AvgIpc) is 2.77. The number of aromatic nitrogens is 4. The summed E-state index contributed by atoms with van der Waals surface area (Å²) >= 11 is 5.96. The molecule has 0 spiro atoms. The lowest BCUT2D eigenvalue weighted by molar-refractivity contribution is 0.567. The molecule has 0 aliphatic heterocycles. The second-order valence-corrected chi connectivity index (χ2v) is 3.94. The summed E-state index contributed by atoms with van der Waals surface area (Å²) in [6.45, 7) is 1.87. The Balaban J connectivity index is 2.58. The van der Waals surface area contributed by atoms with Crippen LogP contribution in [0.4, 0.5) is 4.39 Å². The summed E-state index contributed by atoms with van der Waals surface area (Å²) in [5.41, 5.74) is 0.163. The van der Waals surface area contributed by atoms with Gasteiger partial charge in [-0.15, -0.1) is 5.10 Å². The number of para-hydroxylation sites is 1. The molecular weight excluding hydrogens is 245 g/mol. The SMILES string of the molecule is CNC(C)c1nnnn1-c1c(F)cccc1Cl. The minimum atomic E-state index is -0.464. The Labute approximate surface area is 103 Å². The van der Waals surface area contributed by atoms with Gasteiger partial charge in [-0.1, -0.05) is 17.7 Å². The van der Waals surface area contributed by atoms with Crippen LogP contribution in [0, 0.1) is 5.82 Å². The van der Waals surface area contributed by atoms with Crippen molar-refractivity contribution in [2.45, 2.75) is 13.0 Å². The van der Waals surface area contributed by atoms with Gasteiger partial charge >= 0.3 is 0 Å². The maximum atomic E-state index is 13.7. The van der Waals surface area contributed by atoms with E-state index in [1.165, 1.54) is 16.8 Å². The smallest absolute Gasteiger partial charge is 0.173 e. The lowest BCUT2D eigenvalue weighted by atomic mass is 10.2. The zero-order valence-electron chi connectivity index (χ0n) is 9.35. The van der Waals surface area contributed by atoms with Crippen molar-refractivity contribution in [1.82, 2.24) is 25.5 Å². The first kappa shape index (κ1) is 11.9. The molecule has 17 heavy (non-hydrogen) atoms. The van der Waals surface area contributed by atoms with Crippen molar-refractivity contribution in [3.63, 3.8) is 0 Å². The number of tetrazole rings is 1. The van der Waals surface area contributed by atoms with Gasteiger partial charge in [-0.25, -0.2) is 4.39 Å². The third-order valence-corrected chi connectivity index (χ3v) is 2.77. The first-order valence-electron chi connectivity index (χ1n) is 5.05. The summed E-state index contributed by atoms with van der Waals surface area (Å²) in [6.07, 6.45) is 0. The van der Waals surface area contributed by atoms with E-state index < -0.39 is 5.82 Å². The standard InChI is InChI=1S/C10H11ClFN5/c1-6(13-2)10-14-15-16-17(10)9-7(11)4-3-5-8(9)12/h3-6,13H,1-2H3. The predicted octanol–water partition coefficient (Wildman–Crippen LogP) is 1.74. The third-order valence-electron chi connectivity index (χ3n) is 2.46. The Bertz CT molecular complexity index is 507. The van der Waals surface area contributed by atoms with E-state index in [0.29, 0.717) is 5.82 Å². The van der Waals surface area contributed by atoms with Gasteiger partial charge in [0, 0.05) is 0 Å². The molecule has 0 fully saturated rings. The summed E-state index contributed by atoms with van der Waals surface area (Å²) in [5.74, 6) is 0.0360. The molecule has 2 rings (SSSR count). The van der Waals surface area contributed by atoms with Crippen molar-refractivity contribution in [2.24, 2.45) is 0 Å². The molecule has 0 saturated carbocycles. The fourth-order valence-corrected chi connectivity index (χ4v) is 1.69. The maximum absolute atomic E-state index is 13.7. The molecule has 1 aromatic carbocycles. The van der Waals surface area contributed by atoms with E-state index in [0.717, 1.165) is 0 Å². The molecule has 1 aromatic heterocycles. The fourth-order valence-electron chi connectivity index (χ4n) is 1.44. The van der Waals surface area contributed by atoms with Crippen LogP contribution in [0.3, 0.4) is 0 Å². The van der Waals surface area contributed by atoms with E-state index in [2.05, 4.69) is 20.8 Å². The predicted molar refractivity (Wildman–Crippen MR) is 61.6 cm³/mol. The highest BCUT2D eigenvalue weighted by Gasteiger charge is 2.18. The largest absolute Gasteiger partial charge is 0.311 e. The average molecular weight is 256 g/mol. The van der Waals surface area contributed by atoms with Gasteiger partial charge in [0.15, 0.2) is 11.6 Å². The molecule has 1 atom stereocenters. The normalized spacial score (nSPS) is 12.7.